The highest BCUT2D eigenvalue weighted by molar-refractivity contribution is 5.87. The first-order valence-electron chi connectivity index (χ1n) is 2.27. The summed E-state index contributed by atoms with van der Waals surface area (Å²) in [6, 6.07) is 1.25. The zero-order valence-corrected chi connectivity index (χ0v) is 4.50. The summed E-state index contributed by atoms with van der Waals surface area (Å²) in [6.07, 6.45) is 1.09. The van der Waals surface area contributed by atoms with Crippen LogP contribution in [0.5, 0.6) is 0 Å². The van der Waals surface area contributed by atoms with Crippen molar-refractivity contribution in [3.8, 4) is 0 Å². The van der Waals surface area contributed by atoms with E-state index < -0.39 is 5.97 Å². The van der Waals surface area contributed by atoms with Crippen LogP contribution in [0.25, 0.3) is 0 Å². The molecule has 1 aromatic rings. The van der Waals surface area contributed by atoms with Gasteiger partial charge in [0.25, 0.3) is 0 Å². The average Bonchev–Trinajstić information content (AvgIpc) is 2.14. The van der Waals surface area contributed by atoms with E-state index in [1.54, 1.807) is 0 Å². The molecule has 4 heteroatoms. The van der Waals surface area contributed by atoms with Crippen molar-refractivity contribution in [2.24, 2.45) is 0 Å². The van der Waals surface area contributed by atoms with Gasteiger partial charge >= 0.3 is 5.97 Å². The average molecular weight is 127 g/mol. The molecule has 0 radical (unpaired) electrons. The van der Waals surface area contributed by atoms with Gasteiger partial charge in [0.05, 0.1) is 5.56 Å². The van der Waals surface area contributed by atoms with Gasteiger partial charge in [0.15, 0.2) is 5.88 Å². The van der Waals surface area contributed by atoms with E-state index in [0.29, 0.717) is 0 Å². The van der Waals surface area contributed by atoms with Crippen LogP contribution in [0.2, 0.25) is 0 Å². The fourth-order valence-electron chi connectivity index (χ4n) is 0.465. The number of hydrogen-bond donors (Lipinski definition) is 2. The van der Waals surface area contributed by atoms with E-state index in [9.17, 15) is 4.79 Å². The minimum Gasteiger partial charge on any atom is -0.478 e. The Morgan fingerprint density at radius 1 is 1.78 bits per heavy atom. The number of carboxylic acids is 1. The van der Waals surface area contributed by atoms with Gasteiger partial charge in [0.2, 0.25) is 0 Å². The largest absolute Gasteiger partial charge is 0.478 e. The number of carboxylic acid groups (broad SMARTS) is 1. The number of rotatable bonds is 1. The lowest BCUT2D eigenvalue weighted by molar-refractivity contribution is 0.0696. The molecule has 3 N–H and O–H groups in total. The molecule has 0 saturated heterocycles. The lowest BCUT2D eigenvalue weighted by Crippen LogP contribution is -1.91. The summed E-state index contributed by atoms with van der Waals surface area (Å²) < 4.78 is 4.52. The van der Waals surface area contributed by atoms with Crippen molar-refractivity contribution in [1.29, 1.82) is 0 Å². The molecule has 1 aromatic heterocycles. The second-order valence-corrected chi connectivity index (χ2v) is 1.54. The molecule has 0 amide bonds. The van der Waals surface area contributed by atoms with Crippen molar-refractivity contribution in [2.75, 3.05) is 5.73 Å². The highest BCUT2D eigenvalue weighted by Gasteiger charge is 2.04. The van der Waals surface area contributed by atoms with Crippen LogP contribution in [-0.2, 0) is 0 Å². The Labute approximate surface area is 50.9 Å². The van der Waals surface area contributed by atoms with E-state index in [0.717, 1.165) is 6.26 Å². The minimum absolute atomic E-state index is 0.0764. The van der Waals surface area contributed by atoms with Crippen LogP contribution in [0.1, 0.15) is 10.4 Å². The van der Waals surface area contributed by atoms with Crippen molar-refractivity contribution in [3.05, 3.63) is 17.9 Å². The molecule has 0 saturated carbocycles. The summed E-state index contributed by atoms with van der Waals surface area (Å²) in [5.41, 5.74) is 5.16. The smallest absolute Gasteiger partial charge is 0.339 e. The molecule has 48 valence electrons. The Kier molecular flexibility index (Phi) is 1.14. The summed E-state index contributed by atoms with van der Waals surface area (Å²) in [5, 5.41) is 8.28. The predicted molar refractivity (Wildman–Crippen MR) is 30.1 cm³/mol. The van der Waals surface area contributed by atoms with Crippen LogP contribution in [0.4, 0.5) is 5.88 Å². The quantitative estimate of drug-likeness (QED) is 0.577. The molecule has 4 nitrogen and oxygen atoms in total. The highest BCUT2D eigenvalue weighted by atomic mass is 16.4. The van der Waals surface area contributed by atoms with Crippen LogP contribution >= 0.6 is 0 Å². The SMILES string of the molecule is Nc1cc(C(=O)O)co1. The Morgan fingerprint density at radius 3 is 2.67 bits per heavy atom. The van der Waals surface area contributed by atoms with Gasteiger partial charge < -0.3 is 15.3 Å². The molecule has 0 aliphatic heterocycles. The maximum Gasteiger partial charge on any atom is 0.339 e. The number of hydrogen-bond acceptors (Lipinski definition) is 3. The van der Waals surface area contributed by atoms with Crippen molar-refractivity contribution in [1.82, 2.24) is 0 Å². The Bertz CT molecular complexity index is 228. The molecule has 0 spiro atoms. The summed E-state index contributed by atoms with van der Waals surface area (Å²) in [4.78, 5) is 10.1. The number of furan rings is 1. The van der Waals surface area contributed by atoms with E-state index in [1.807, 2.05) is 0 Å². The lowest BCUT2D eigenvalue weighted by Gasteiger charge is -1.77. The fraction of sp³-hybridized carbons (Fsp3) is 0. The molecule has 0 aromatic carbocycles. The summed E-state index contributed by atoms with van der Waals surface area (Å²) in [7, 11) is 0. The first-order valence-corrected chi connectivity index (χ1v) is 2.27. The first kappa shape index (κ1) is 5.68. The van der Waals surface area contributed by atoms with Crippen molar-refractivity contribution in [3.63, 3.8) is 0 Å². The van der Waals surface area contributed by atoms with Gasteiger partial charge in [-0.3, -0.25) is 0 Å². The second kappa shape index (κ2) is 1.81. The van der Waals surface area contributed by atoms with Gasteiger partial charge in [-0.05, 0) is 0 Å². The summed E-state index contributed by atoms with van der Waals surface area (Å²) >= 11 is 0. The first-order chi connectivity index (χ1) is 4.20. The topological polar surface area (TPSA) is 76.5 Å². The Balaban J connectivity index is 2.98. The van der Waals surface area contributed by atoms with Gasteiger partial charge in [-0.1, -0.05) is 0 Å². The fourth-order valence-corrected chi connectivity index (χ4v) is 0.465. The molecule has 0 unspecified atom stereocenters. The zero-order chi connectivity index (χ0) is 6.85. The molecule has 0 atom stereocenters. The van der Waals surface area contributed by atoms with Gasteiger partial charge in [-0.25, -0.2) is 4.79 Å². The van der Waals surface area contributed by atoms with Gasteiger partial charge in [0, 0.05) is 6.07 Å². The number of nitrogens with two attached hydrogens (primary N) is 1. The maximum atomic E-state index is 10.1. The third-order valence-corrected chi connectivity index (χ3v) is 0.867. The normalized spacial score (nSPS) is 9.33. The molecular formula is C5H5NO3. The van der Waals surface area contributed by atoms with Crippen molar-refractivity contribution in [2.45, 2.75) is 0 Å². The zero-order valence-electron chi connectivity index (χ0n) is 4.50. The molecule has 0 aliphatic rings. The summed E-state index contributed by atoms with van der Waals surface area (Å²) in [5.74, 6) is -0.914. The summed E-state index contributed by atoms with van der Waals surface area (Å²) in [6.45, 7) is 0. The molecule has 1 rings (SSSR count). The van der Waals surface area contributed by atoms with E-state index in [2.05, 4.69) is 4.42 Å². The minimum atomic E-state index is -1.03. The molecule has 9 heavy (non-hydrogen) atoms. The standard InChI is InChI=1S/C5H5NO3/c6-4-1-3(2-9-4)5(7)8/h1-2H,6H2,(H,7,8). The molecular weight excluding hydrogens is 122 g/mol. The molecule has 0 fully saturated rings. The number of nitrogen functional groups attached to an aromatic ring is 1. The van der Waals surface area contributed by atoms with Gasteiger partial charge in [0.1, 0.15) is 6.26 Å². The number of anilines is 1. The number of carbonyl (C=O) groups is 1. The highest BCUT2D eigenvalue weighted by Crippen LogP contribution is 2.07. The van der Waals surface area contributed by atoms with Crippen molar-refractivity contribution >= 4 is 11.9 Å². The van der Waals surface area contributed by atoms with E-state index in [4.69, 9.17) is 10.8 Å². The van der Waals surface area contributed by atoms with E-state index in [1.165, 1.54) is 6.07 Å². The van der Waals surface area contributed by atoms with Crippen LogP contribution in [-0.4, -0.2) is 11.1 Å². The van der Waals surface area contributed by atoms with Crippen LogP contribution in [0.3, 0.4) is 0 Å². The lowest BCUT2D eigenvalue weighted by atomic mass is 10.3. The molecule has 1 heterocycles. The van der Waals surface area contributed by atoms with Crippen LogP contribution in [0.15, 0.2) is 16.7 Å². The third kappa shape index (κ3) is 1.02. The molecule has 0 bridgehead atoms. The van der Waals surface area contributed by atoms with Gasteiger partial charge in [-0.15, -0.1) is 0 Å². The monoisotopic (exact) mass is 127 g/mol. The van der Waals surface area contributed by atoms with Gasteiger partial charge in [-0.2, -0.15) is 0 Å². The van der Waals surface area contributed by atoms with Crippen molar-refractivity contribution < 1.29 is 14.3 Å². The van der Waals surface area contributed by atoms with E-state index in [-0.39, 0.29) is 11.4 Å². The van der Waals surface area contributed by atoms with Crippen LogP contribution < -0.4 is 5.73 Å². The Morgan fingerprint density at radius 2 is 2.44 bits per heavy atom. The van der Waals surface area contributed by atoms with Crippen LogP contribution in [0, 0.1) is 0 Å². The second-order valence-electron chi connectivity index (χ2n) is 1.54. The number of aromatic carboxylic acids is 1. The predicted octanol–water partition coefficient (Wildman–Crippen LogP) is 0.560. The maximum absolute atomic E-state index is 10.1. The van der Waals surface area contributed by atoms with E-state index >= 15 is 0 Å². The Hall–Kier alpha value is -1.45. The third-order valence-electron chi connectivity index (χ3n) is 0.867. The molecule has 0 aliphatic carbocycles.